The molecule has 1 fully saturated rings. The van der Waals surface area contributed by atoms with Crippen LogP contribution >= 0.6 is 21.6 Å². The van der Waals surface area contributed by atoms with E-state index in [0.29, 0.717) is 6.42 Å². The standard InChI is InChI=1S/C44H69N3O3S2/c1-5-47-40-27-21-20-26-37(40)38-34-36(28-29-41(38)47)35-39(45-43(49)50-44(2,3)4)42(48)46-30-22-16-12-8-6-10-14-18-24-32-51-52-33-25-19-15-11-7-9-13-17-23-31-46/h20-21,26-29,34,39H,5-19,22-25,30-33,35H2,1-4H3,(H,45,49). The Morgan fingerprint density at radius 2 is 1.19 bits per heavy atom. The van der Waals surface area contributed by atoms with Crippen molar-refractivity contribution in [3.63, 3.8) is 0 Å². The van der Waals surface area contributed by atoms with Crippen molar-refractivity contribution in [2.45, 2.75) is 168 Å². The van der Waals surface area contributed by atoms with Crippen molar-refractivity contribution < 1.29 is 14.3 Å². The average molecular weight is 752 g/mol. The van der Waals surface area contributed by atoms with E-state index in [1.165, 1.54) is 123 Å². The molecule has 3 aromatic rings. The Morgan fingerprint density at radius 3 is 1.73 bits per heavy atom. The number of carbonyl (C=O) groups is 2. The predicted molar refractivity (Wildman–Crippen MR) is 227 cm³/mol. The number of para-hydroxylation sites is 1. The molecular weight excluding hydrogens is 683 g/mol. The zero-order chi connectivity index (χ0) is 37.0. The van der Waals surface area contributed by atoms with Crippen molar-refractivity contribution >= 4 is 55.4 Å². The Kier molecular flexibility index (Phi) is 19.1. The number of benzene rings is 2. The van der Waals surface area contributed by atoms with Crippen molar-refractivity contribution in [3.8, 4) is 0 Å². The maximum Gasteiger partial charge on any atom is 0.408 e. The van der Waals surface area contributed by atoms with Crippen LogP contribution in [0.15, 0.2) is 42.5 Å². The molecule has 6 nitrogen and oxygen atoms in total. The van der Waals surface area contributed by atoms with Crippen LogP contribution < -0.4 is 5.32 Å². The minimum atomic E-state index is -0.695. The highest BCUT2D eigenvalue weighted by atomic mass is 33.1. The molecule has 8 heteroatoms. The number of aromatic nitrogens is 1. The van der Waals surface area contributed by atoms with Gasteiger partial charge in [0, 0.05) is 59.4 Å². The molecule has 0 radical (unpaired) electrons. The molecule has 0 spiro atoms. The molecule has 0 bridgehead atoms. The number of nitrogens with one attached hydrogen (secondary N) is 1. The Hall–Kier alpha value is -2.32. The van der Waals surface area contributed by atoms with Gasteiger partial charge in [-0.25, -0.2) is 4.79 Å². The SMILES string of the molecule is CCn1c2ccccc2c2cc(CC(NC(=O)OC(C)(C)C)C(=O)N3CCCCCCCCCCCSSCCCCCCCCCCC3)ccc21. The quantitative estimate of drug-likeness (QED) is 0.263. The van der Waals surface area contributed by atoms with Crippen LogP contribution in [0.1, 0.15) is 149 Å². The summed E-state index contributed by atoms with van der Waals surface area (Å²) in [5.74, 6) is 2.61. The number of fused-ring (bicyclic) bond motifs is 3. The Morgan fingerprint density at radius 1 is 0.692 bits per heavy atom. The van der Waals surface area contributed by atoms with Crippen molar-refractivity contribution in [3.05, 3.63) is 48.0 Å². The maximum absolute atomic E-state index is 14.5. The summed E-state index contributed by atoms with van der Waals surface area (Å²) in [5.41, 5.74) is 2.81. The monoisotopic (exact) mass is 751 g/mol. The van der Waals surface area contributed by atoms with Crippen LogP contribution in [0.4, 0.5) is 4.79 Å². The van der Waals surface area contributed by atoms with E-state index in [4.69, 9.17) is 4.74 Å². The molecule has 1 saturated heterocycles. The van der Waals surface area contributed by atoms with Gasteiger partial charge >= 0.3 is 6.09 Å². The van der Waals surface area contributed by atoms with Crippen LogP contribution in [-0.4, -0.2) is 57.7 Å². The number of hydrogen-bond donors (Lipinski definition) is 1. The second kappa shape index (κ2) is 23.5. The molecule has 52 heavy (non-hydrogen) atoms. The third kappa shape index (κ3) is 14.8. The van der Waals surface area contributed by atoms with Crippen molar-refractivity contribution in [1.29, 1.82) is 0 Å². The summed E-state index contributed by atoms with van der Waals surface area (Å²) in [5, 5.41) is 5.43. The fraction of sp³-hybridized carbons (Fsp3) is 0.682. The maximum atomic E-state index is 14.5. The van der Waals surface area contributed by atoms with Crippen molar-refractivity contribution in [2.24, 2.45) is 0 Å². The minimum absolute atomic E-state index is 0.00984. The van der Waals surface area contributed by atoms with Crippen LogP contribution in [0, 0.1) is 0 Å². The Bertz CT molecular complexity index is 1460. The summed E-state index contributed by atoms with van der Waals surface area (Å²) in [6.07, 6.45) is 22.6. The minimum Gasteiger partial charge on any atom is -0.444 e. The van der Waals surface area contributed by atoms with Crippen LogP contribution in [0.2, 0.25) is 0 Å². The van der Waals surface area contributed by atoms with E-state index in [9.17, 15) is 9.59 Å². The molecule has 1 N–H and O–H groups in total. The predicted octanol–water partition coefficient (Wildman–Crippen LogP) is 12.5. The number of rotatable bonds is 5. The molecule has 2 aromatic carbocycles. The largest absolute Gasteiger partial charge is 0.444 e. The summed E-state index contributed by atoms with van der Waals surface area (Å²) in [6, 6.07) is 14.4. The van der Waals surface area contributed by atoms with E-state index < -0.39 is 17.7 Å². The zero-order valence-electron chi connectivity index (χ0n) is 33.0. The number of hydrogen-bond acceptors (Lipinski definition) is 5. The van der Waals surface area contributed by atoms with Gasteiger partial charge in [0.1, 0.15) is 11.6 Å². The molecule has 0 saturated carbocycles. The lowest BCUT2D eigenvalue weighted by Gasteiger charge is -2.29. The lowest BCUT2D eigenvalue weighted by Crippen LogP contribution is -2.51. The van der Waals surface area contributed by atoms with E-state index in [-0.39, 0.29) is 5.91 Å². The number of amides is 2. The summed E-state index contributed by atoms with van der Waals surface area (Å²) < 4.78 is 8.04. The van der Waals surface area contributed by atoms with Crippen LogP contribution in [0.5, 0.6) is 0 Å². The highest BCUT2D eigenvalue weighted by Crippen LogP contribution is 2.30. The van der Waals surface area contributed by atoms with E-state index in [1.54, 1.807) is 0 Å². The highest BCUT2D eigenvalue weighted by molar-refractivity contribution is 8.76. The van der Waals surface area contributed by atoms with Gasteiger partial charge < -0.3 is 19.5 Å². The topological polar surface area (TPSA) is 63.6 Å². The van der Waals surface area contributed by atoms with Gasteiger partial charge in [-0.05, 0) is 77.1 Å². The number of alkyl carbamates (subject to hydrolysis) is 1. The van der Waals surface area contributed by atoms with Gasteiger partial charge in [0.25, 0.3) is 0 Å². The van der Waals surface area contributed by atoms with Crippen molar-refractivity contribution in [2.75, 3.05) is 24.6 Å². The van der Waals surface area contributed by atoms with Crippen LogP contribution in [0.25, 0.3) is 21.8 Å². The lowest BCUT2D eigenvalue weighted by molar-refractivity contribution is -0.133. The summed E-state index contributed by atoms with van der Waals surface area (Å²) in [6.45, 7) is 10.1. The van der Waals surface area contributed by atoms with Crippen molar-refractivity contribution in [1.82, 2.24) is 14.8 Å². The third-order valence-electron chi connectivity index (χ3n) is 10.3. The molecule has 1 aliphatic rings. The number of carbonyl (C=O) groups excluding carboxylic acids is 2. The second-order valence-electron chi connectivity index (χ2n) is 15.8. The fourth-order valence-corrected chi connectivity index (χ4v) is 9.82. The molecule has 2 heterocycles. The lowest BCUT2D eigenvalue weighted by atomic mass is 10.0. The van der Waals surface area contributed by atoms with E-state index in [1.807, 2.05) is 20.8 Å². The van der Waals surface area contributed by atoms with Gasteiger partial charge in [-0.2, -0.15) is 0 Å². The Labute approximate surface area is 323 Å². The van der Waals surface area contributed by atoms with Gasteiger partial charge in [0.05, 0.1) is 0 Å². The molecule has 1 aromatic heterocycles. The smallest absolute Gasteiger partial charge is 0.408 e. The molecule has 1 aliphatic heterocycles. The van der Waals surface area contributed by atoms with E-state index in [0.717, 1.165) is 50.9 Å². The third-order valence-corrected chi connectivity index (χ3v) is 12.9. The highest BCUT2D eigenvalue weighted by Gasteiger charge is 2.28. The van der Waals surface area contributed by atoms with Gasteiger partial charge in [-0.3, -0.25) is 4.79 Å². The summed E-state index contributed by atoms with van der Waals surface area (Å²) >= 11 is 0. The van der Waals surface area contributed by atoms with Gasteiger partial charge in [0.15, 0.2) is 0 Å². The van der Waals surface area contributed by atoms with Gasteiger partial charge in [-0.15, -0.1) is 0 Å². The first kappa shape index (κ1) is 42.4. The first-order valence-corrected chi connectivity index (χ1v) is 23.3. The van der Waals surface area contributed by atoms with Crippen LogP contribution in [-0.2, 0) is 22.5 Å². The second-order valence-corrected chi connectivity index (χ2v) is 18.6. The van der Waals surface area contributed by atoms with E-state index >= 15 is 0 Å². The number of ether oxygens (including phenoxy) is 1. The molecular formula is C44H69N3O3S2. The first-order chi connectivity index (χ1) is 25.3. The molecule has 1 atom stereocenters. The number of aryl methyl sites for hydroxylation is 1. The summed E-state index contributed by atoms with van der Waals surface area (Å²) in [7, 11) is 4.17. The molecule has 2 amide bonds. The normalized spacial score (nSPS) is 18.7. The van der Waals surface area contributed by atoms with Gasteiger partial charge in [-0.1, -0.05) is 136 Å². The average Bonchev–Trinajstić information content (AvgIpc) is 3.43. The molecule has 1 unspecified atom stereocenters. The molecule has 290 valence electrons. The Balaban J connectivity index is 1.45. The van der Waals surface area contributed by atoms with E-state index in [2.05, 4.69) is 85.8 Å². The van der Waals surface area contributed by atoms with Crippen LogP contribution in [0.3, 0.4) is 0 Å². The zero-order valence-corrected chi connectivity index (χ0v) is 34.7. The molecule has 4 rings (SSSR count). The fourth-order valence-electron chi connectivity index (χ4n) is 7.53. The van der Waals surface area contributed by atoms with Gasteiger partial charge in [0.2, 0.25) is 5.91 Å². The molecule has 0 aliphatic carbocycles. The summed E-state index contributed by atoms with van der Waals surface area (Å²) in [4.78, 5) is 29.8. The first-order valence-electron chi connectivity index (χ1n) is 20.8. The number of nitrogens with zero attached hydrogens (tertiary/aromatic N) is 2.